The van der Waals surface area contributed by atoms with Gasteiger partial charge < -0.3 is 19.3 Å². The summed E-state index contributed by atoms with van der Waals surface area (Å²) in [7, 11) is 0. The SMILES string of the molecule is O=C(c1cc2c(s1)CCCCC2)N1CCN(C(=O)[C@H]2COc3ccccc3O2)CC1. The molecule has 1 fully saturated rings. The molecule has 5 rings (SSSR count). The standard InChI is InChI=1S/C23H26N2O4S/c26-22(19-15-28-17-7-4-5-8-18(17)29-19)24-10-12-25(13-11-24)23(27)21-14-16-6-2-1-3-9-20(16)30-21/h4-5,7-8,14,19H,1-3,6,9-13,15H2/t19-/m1/s1. The summed E-state index contributed by atoms with van der Waals surface area (Å²) in [6.45, 7) is 2.37. The van der Waals surface area contributed by atoms with Crippen molar-refractivity contribution in [1.82, 2.24) is 9.80 Å². The summed E-state index contributed by atoms with van der Waals surface area (Å²) in [5.74, 6) is 1.31. The van der Waals surface area contributed by atoms with Crippen LogP contribution in [0, 0.1) is 0 Å². The first-order chi connectivity index (χ1) is 14.7. The minimum absolute atomic E-state index is 0.0700. The van der Waals surface area contributed by atoms with Gasteiger partial charge in [-0.1, -0.05) is 18.6 Å². The molecule has 0 N–H and O–H groups in total. The maximum Gasteiger partial charge on any atom is 0.267 e. The summed E-state index contributed by atoms with van der Waals surface area (Å²) < 4.78 is 11.5. The highest BCUT2D eigenvalue weighted by Crippen LogP contribution is 2.32. The summed E-state index contributed by atoms with van der Waals surface area (Å²) in [6, 6.07) is 9.50. The number of carbonyl (C=O) groups excluding carboxylic acids is 2. The molecule has 2 aliphatic heterocycles. The first-order valence-corrected chi connectivity index (χ1v) is 11.6. The van der Waals surface area contributed by atoms with Crippen molar-refractivity contribution in [1.29, 1.82) is 0 Å². The van der Waals surface area contributed by atoms with E-state index in [0.29, 0.717) is 37.7 Å². The molecule has 2 aromatic rings. The number of rotatable bonds is 2. The predicted octanol–water partition coefficient (Wildman–Crippen LogP) is 3.14. The van der Waals surface area contributed by atoms with Crippen LogP contribution >= 0.6 is 11.3 Å². The van der Waals surface area contributed by atoms with Crippen molar-refractivity contribution in [3.8, 4) is 11.5 Å². The molecular weight excluding hydrogens is 400 g/mol. The molecule has 1 atom stereocenters. The number of fused-ring (bicyclic) bond motifs is 2. The van der Waals surface area contributed by atoms with Crippen LogP contribution in [0.15, 0.2) is 30.3 Å². The van der Waals surface area contributed by atoms with Crippen LogP contribution in [0.5, 0.6) is 11.5 Å². The summed E-state index contributed by atoms with van der Waals surface area (Å²) in [5.41, 5.74) is 1.37. The highest BCUT2D eigenvalue weighted by atomic mass is 32.1. The van der Waals surface area contributed by atoms with Gasteiger partial charge >= 0.3 is 0 Å². The molecule has 7 heteroatoms. The lowest BCUT2D eigenvalue weighted by Crippen LogP contribution is -2.55. The van der Waals surface area contributed by atoms with Gasteiger partial charge in [-0.25, -0.2) is 0 Å². The molecule has 3 heterocycles. The average Bonchev–Trinajstić information content (AvgIpc) is 3.08. The largest absolute Gasteiger partial charge is 0.485 e. The quantitative estimate of drug-likeness (QED) is 0.693. The van der Waals surface area contributed by atoms with Crippen LogP contribution in [0.3, 0.4) is 0 Å². The number of benzene rings is 1. The van der Waals surface area contributed by atoms with Crippen molar-refractivity contribution in [3.63, 3.8) is 0 Å². The Kier molecular flexibility index (Phi) is 5.37. The summed E-state index contributed by atoms with van der Waals surface area (Å²) in [6.07, 6.45) is 5.28. The number of hydrogen-bond acceptors (Lipinski definition) is 5. The molecule has 0 unspecified atom stereocenters. The third kappa shape index (κ3) is 3.78. The van der Waals surface area contributed by atoms with E-state index in [2.05, 4.69) is 6.07 Å². The number of thiophene rings is 1. The Morgan fingerprint density at radius 1 is 0.933 bits per heavy atom. The van der Waals surface area contributed by atoms with E-state index in [1.807, 2.05) is 29.2 Å². The maximum absolute atomic E-state index is 13.0. The lowest BCUT2D eigenvalue weighted by Gasteiger charge is -2.37. The number of aryl methyl sites for hydroxylation is 2. The third-order valence-electron chi connectivity index (χ3n) is 6.12. The Morgan fingerprint density at radius 2 is 1.67 bits per heavy atom. The van der Waals surface area contributed by atoms with Crippen LogP contribution in [-0.2, 0) is 17.6 Å². The van der Waals surface area contributed by atoms with Crippen molar-refractivity contribution in [2.45, 2.75) is 38.2 Å². The molecule has 0 bridgehead atoms. The van der Waals surface area contributed by atoms with E-state index < -0.39 is 6.10 Å². The van der Waals surface area contributed by atoms with Crippen LogP contribution in [0.2, 0.25) is 0 Å². The van der Waals surface area contributed by atoms with Gasteiger partial charge in [-0.2, -0.15) is 0 Å². The van der Waals surface area contributed by atoms with E-state index in [1.54, 1.807) is 16.2 Å². The molecule has 0 radical (unpaired) electrons. The molecule has 2 amide bonds. The van der Waals surface area contributed by atoms with E-state index in [-0.39, 0.29) is 18.4 Å². The van der Waals surface area contributed by atoms with Gasteiger partial charge in [0, 0.05) is 31.1 Å². The molecule has 30 heavy (non-hydrogen) atoms. The Labute approximate surface area is 180 Å². The minimum atomic E-state index is -0.630. The first kappa shape index (κ1) is 19.4. The number of nitrogens with zero attached hydrogens (tertiary/aromatic N) is 2. The van der Waals surface area contributed by atoms with Gasteiger partial charge in [0.1, 0.15) is 6.61 Å². The second kappa shape index (κ2) is 8.30. The maximum atomic E-state index is 13.0. The predicted molar refractivity (Wildman–Crippen MR) is 114 cm³/mol. The van der Waals surface area contributed by atoms with Gasteiger partial charge in [0.15, 0.2) is 11.5 Å². The smallest absolute Gasteiger partial charge is 0.267 e. The van der Waals surface area contributed by atoms with Crippen molar-refractivity contribution >= 4 is 23.2 Å². The second-order valence-corrected chi connectivity index (χ2v) is 9.24. The van der Waals surface area contributed by atoms with Gasteiger partial charge in [0.25, 0.3) is 11.8 Å². The molecule has 0 saturated carbocycles. The van der Waals surface area contributed by atoms with Crippen LogP contribution in [0.25, 0.3) is 0 Å². The van der Waals surface area contributed by atoms with Gasteiger partial charge in [0.05, 0.1) is 4.88 Å². The summed E-state index contributed by atoms with van der Waals surface area (Å²) >= 11 is 1.67. The zero-order valence-corrected chi connectivity index (χ0v) is 17.8. The van der Waals surface area contributed by atoms with Crippen LogP contribution < -0.4 is 9.47 Å². The van der Waals surface area contributed by atoms with Crippen LogP contribution in [0.4, 0.5) is 0 Å². The van der Waals surface area contributed by atoms with E-state index in [9.17, 15) is 9.59 Å². The molecule has 1 aromatic carbocycles. The normalized spacial score (nSPS) is 21.0. The average molecular weight is 427 g/mol. The Hall–Kier alpha value is -2.54. The van der Waals surface area contributed by atoms with E-state index in [0.717, 1.165) is 17.7 Å². The van der Waals surface area contributed by atoms with Crippen LogP contribution in [-0.4, -0.2) is 60.5 Å². The summed E-state index contributed by atoms with van der Waals surface area (Å²) in [4.78, 5) is 31.8. The minimum Gasteiger partial charge on any atom is -0.485 e. The van der Waals surface area contributed by atoms with Gasteiger partial charge in [-0.3, -0.25) is 9.59 Å². The first-order valence-electron chi connectivity index (χ1n) is 10.8. The van der Waals surface area contributed by atoms with Gasteiger partial charge in [0.2, 0.25) is 6.10 Å². The molecule has 1 aliphatic carbocycles. The molecule has 1 saturated heterocycles. The molecule has 1 aromatic heterocycles. The molecule has 3 aliphatic rings. The van der Waals surface area contributed by atoms with Gasteiger partial charge in [-0.05, 0) is 49.4 Å². The van der Waals surface area contributed by atoms with Crippen molar-refractivity contribution in [3.05, 3.63) is 45.6 Å². The third-order valence-corrected chi connectivity index (χ3v) is 7.35. The Balaban J connectivity index is 1.18. The highest BCUT2D eigenvalue weighted by Gasteiger charge is 2.34. The number of hydrogen-bond donors (Lipinski definition) is 0. The number of para-hydroxylation sites is 2. The lowest BCUT2D eigenvalue weighted by atomic mass is 10.1. The van der Waals surface area contributed by atoms with E-state index in [4.69, 9.17) is 9.47 Å². The summed E-state index contributed by atoms with van der Waals surface area (Å²) in [5, 5.41) is 0. The highest BCUT2D eigenvalue weighted by molar-refractivity contribution is 7.14. The Bertz CT molecular complexity index is 925. The second-order valence-electron chi connectivity index (χ2n) is 8.10. The molecule has 158 valence electrons. The monoisotopic (exact) mass is 426 g/mol. The zero-order valence-electron chi connectivity index (χ0n) is 17.0. The van der Waals surface area contributed by atoms with Gasteiger partial charge in [-0.15, -0.1) is 11.3 Å². The fourth-order valence-electron chi connectivity index (χ4n) is 4.40. The topological polar surface area (TPSA) is 59.1 Å². The number of amides is 2. The Morgan fingerprint density at radius 3 is 2.50 bits per heavy atom. The molecular formula is C23H26N2O4S. The zero-order chi connectivity index (χ0) is 20.5. The van der Waals surface area contributed by atoms with Crippen molar-refractivity contribution < 1.29 is 19.1 Å². The van der Waals surface area contributed by atoms with Crippen molar-refractivity contribution in [2.75, 3.05) is 32.8 Å². The number of carbonyl (C=O) groups is 2. The van der Waals surface area contributed by atoms with Crippen LogP contribution in [0.1, 0.15) is 39.4 Å². The fourth-order valence-corrected chi connectivity index (χ4v) is 5.62. The fraction of sp³-hybridized carbons (Fsp3) is 0.478. The number of ether oxygens (including phenoxy) is 2. The molecule has 6 nitrogen and oxygen atoms in total. The van der Waals surface area contributed by atoms with E-state index in [1.165, 1.54) is 29.7 Å². The molecule has 0 spiro atoms. The van der Waals surface area contributed by atoms with E-state index >= 15 is 0 Å². The van der Waals surface area contributed by atoms with Crippen molar-refractivity contribution in [2.24, 2.45) is 0 Å². The lowest BCUT2D eigenvalue weighted by molar-refractivity contribution is -0.142. The number of piperazine rings is 1.